The molecule has 0 aromatic heterocycles. The Labute approximate surface area is 122 Å². The zero-order chi connectivity index (χ0) is 15.4. The van der Waals surface area contributed by atoms with E-state index in [1.54, 1.807) is 12.1 Å². The van der Waals surface area contributed by atoms with E-state index in [1.165, 1.54) is 7.05 Å². The van der Waals surface area contributed by atoms with Gasteiger partial charge >= 0.3 is 0 Å². The number of halogens is 2. The first-order valence-corrected chi connectivity index (χ1v) is 6.62. The molecule has 0 aliphatic carbocycles. The van der Waals surface area contributed by atoms with Crippen LogP contribution in [0.3, 0.4) is 0 Å². The molecule has 0 unspecified atom stereocenters. The van der Waals surface area contributed by atoms with Crippen LogP contribution in [0.15, 0.2) is 36.4 Å². The van der Waals surface area contributed by atoms with Crippen molar-refractivity contribution < 1.29 is 13.6 Å². The molecule has 0 fully saturated rings. The van der Waals surface area contributed by atoms with Crippen LogP contribution in [0, 0.1) is 11.6 Å². The highest BCUT2D eigenvalue weighted by Crippen LogP contribution is 2.22. The van der Waals surface area contributed by atoms with Crippen molar-refractivity contribution in [2.75, 3.05) is 17.7 Å². The van der Waals surface area contributed by atoms with Crippen LogP contribution < -0.4 is 10.6 Å². The minimum Gasteiger partial charge on any atom is -0.383 e. The van der Waals surface area contributed by atoms with Gasteiger partial charge in [0.2, 0.25) is 0 Å². The molecule has 0 aliphatic heterocycles. The van der Waals surface area contributed by atoms with Gasteiger partial charge in [0.15, 0.2) is 0 Å². The first-order chi connectivity index (χ1) is 10.1. The third kappa shape index (κ3) is 3.18. The van der Waals surface area contributed by atoms with E-state index in [-0.39, 0.29) is 11.3 Å². The number of rotatable bonds is 4. The maximum absolute atomic E-state index is 13.7. The van der Waals surface area contributed by atoms with Gasteiger partial charge in [0.1, 0.15) is 17.3 Å². The minimum absolute atomic E-state index is 0.0603. The van der Waals surface area contributed by atoms with Crippen molar-refractivity contribution in [1.82, 2.24) is 0 Å². The van der Waals surface area contributed by atoms with Crippen LogP contribution in [0.1, 0.15) is 22.8 Å². The van der Waals surface area contributed by atoms with Gasteiger partial charge in [-0.05, 0) is 30.2 Å². The maximum atomic E-state index is 13.7. The molecule has 0 saturated carbocycles. The second-order valence-electron chi connectivity index (χ2n) is 4.53. The van der Waals surface area contributed by atoms with E-state index in [9.17, 15) is 13.6 Å². The Morgan fingerprint density at radius 3 is 2.33 bits per heavy atom. The van der Waals surface area contributed by atoms with E-state index in [0.717, 1.165) is 24.1 Å². The number of hydrogen-bond acceptors (Lipinski definition) is 2. The fourth-order valence-electron chi connectivity index (χ4n) is 2.09. The molecule has 0 spiro atoms. The van der Waals surface area contributed by atoms with E-state index in [2.05, 4.69) is 10.6 Å². The summed E-state index contributed by atoms with van der Waals surface area (Å²) in [6.07, 6.45) is 0.748. The highest BCUT2D eigenvalue weighted by atomic mass is 19.1. The van der Waals surface area contributed by atoms with Gasteiger partial charge in [-0.15, -0.1) is 0 Å². The van der Waals surface area contributed by atoms with Gasteiger partial charge in [0, 0.05) is 18.3 Å². The molecule has 2 N–H and O–H groups in total. The van der Waals surface area contributed by atoms with E-state index in [0.29, 0.717) is 5.69 Å². The summed E-state index contributed by atoms with van der Waals surface area (Å²) in [6.45, 7) is 1.96. The lowest BCUT2D eigenvalue weighted by Gasteiger charge is -2.11. The van der Waals surface area contributed by atoms with Crippen LogP contribution in [0.25, 0.3) is 0 Å². The summed E-state index contributed by atoms with van der Waals surface area (Å²) < 4.78 is 27.3. The summed E-state index contributed by atoms with van der Waals surface area (Å²) in [4.78, 5) is 12.1. The Kier molecular flexibility index (Phi) is 4.52. The van der Waals surface area contributed by atoms with Crippen LogP contribution in [0.5, 0.6) is 0 Å². The number of carbonyl (C=O) groups excluding carboxylic acids is 1. The quantitative estimate of drug-likeness (QED) is 0.898. The fourth-order valence-corrected chi connectivity index (χ4v) is 2.09. The van der Waals surface area contributed by atoms with Gasteiger partial charge in [0.05, 0.1) is 0 Å². The van der Waals surface area contributed by atoms with Gasteiger partial charge in [-0.2, -0.15) is 0 Å². The first-order valence-electron chi connectivity index (χ1n) is 6.62. The molecule has 0 aliphatic rings. The van der Waals surface area contributed by atoms with Gasteiger partial charge in [-0.3, -0.25) is 4.79 Å². The van der Waals surface area contributed by atoms with Crippen molar-refractivity contribution >= 4 is 17.3 Å². The average molecular weight is 290 g/mol. The minimum atomic E-state index is -0.800. The Bertz CT molecular complexity index is 648. The Morgan fingerprint density at radius 2 is 1.76 bits per heavy atom. The lowest BCUT2D eigenvalue weighted by atomic mass is 10.1. The van der Waals surface area contributed by atoms with Crippen LogP contribution in [0.2, 0.25) is 0 Å². The number of carbonyl (C=O) groups is 1. The predicted molar refractivity (Wildman–Crippen MR) is 79.7 cm³/mol. The van der Waals surface area contributed by atoms with Crippen LogP contribution in [-0.2, 0) is 6.42 Å². The smallest absolute Gasteiger partial charge is 0.255 e. The summed E-state index contributed by atoms with van der Waals surface area (Å²) in [5.41, 5.74) is 1.29. The summed E-state index contributed by atoms with van der Waals surface area (Å²) >= 11 is 0. The number of nitrogens with one attached hydrogen (secondary N) is 2. The van der Waals surface area contributed by atoms with Crippen molar-refractivity contribution in [3.05, 3.63) is 59.2 Å². The molecule has 21 heavy (non-hydrogen) atoms. The van der Waals surface area contributed by atoms with Gasteiger partial charge < -0.3 is 10.6 Å². The van der Waals surface area contributed by atoms with Crippen molar-refractivity contribution in [2.45, 2.75) is 13.3 Å². The molecule has 2 aromatic carbocycles. The molecule has 110 valence electrons. The molecular formula is C16H16F2N2O. The highest BCUT2D eigenvalue weighted by molar-refractivity contribution is 6.04. The Hall–Kier alpha value is -2.43. The van der Waals surface area contributed by atoms with Crippen molar-refractivity contribution in [3.8, 4) is 0 Å². The third-order valence-electron chi connectivity index (χ3n) is 3.20. The standard InChI is InChI=1S/C16H16F2N2O/c1-3-10-6-4-5-7-14(10)20-16(21)11-8-12(17)15(19-2)13(18)9-11/h4-9,19H,3H2,1-2H3,(H,20,21). The monoisotopic (exact) mass is 290 g/mol. The molecule has 2 rings (SSSR count). The Morgan fingerprint density at radius 1 is 1.14 bits per heavy atom. The van der Waals surface area contributed by atoms with E-state index < -0.39 is 17.5 Å². The lowest BCUT2D eigenvalue weighted by molar-refractivity contribution is 0.102. The zero-order valence-corrected chi connectivity index (χ0v) is 11.8. The van der Waals surface area contributed by atoms with Crippen LogP contribution in [0.4, 0.5) is 20.2 Å². The van der Waals surface area contributed by atoms with Crippen LogP contribution >= 0.6 is 0 Å². The molecule has 0 saturated heterocycles. The lowest BCUT2D eigenvalue weighted by Crippen LogP contribution is -2.14. The normalized spacial score (nSPS) is 10.3. The third-order valence-corrected chi connectivity index (χ3v) is 3.20. The highest BCUT2D eigenvalue weighted by Gasteiger charge is 2.15. The SMILES string of the molecule is CCc1ccccc1NC(=O)c1cc(F)c(NC)c(F)c1. The van der Waals surface area contributed by atoms with Crippen molar-refractivity contribution in [2.24, 2.45) is 0 Å². The molecule has 0 radical (unpaired) electrons. The number of para-hydroxylation sites is 1. The predicted octanol–water partition coefficient (Wildman–Crippen LogP) is 3.82. The maximum Gasteiger partial charge on any atom is 0.255 e. The van der Waals surface area contributed by atoms with Crippen molar-refractivity contribution in [1.29, 1.82) is 0 Å². The summed E-state index contributed by atoms with van der Waals surface area (Å²) in [7, 11) is 1.42. The number of amides is 1. The molecule has 3 nitrogen and oxygen atoms in total. The summed E-state index contributed by atoms with van der Waals surface area (Å²) in [5.74, 6) is -2.14. The largest absolute Gasteiger partial charge is 0.383 e. The number of anilines is 2. The summed E-state index contributed by atoms with van der Waals surface area (Å²) in [6, 6.07) is 9.33. The fraction of sp³-hybridized carbons (Fsp3) is 0.188. The van der Waals surface area contributed by atoms with Gasteiger partial charge in [-0.25, -0.2) is 8.78 Å². The molecular weight excluding hydrogens is 274 g/mol. The number of hydrogen-bond donors (Lipinski definition) is 2. The molecule has 5 heteroatoms. The summed E-state index contributed by atoms with van der Waals surface area (Å²) in [5, 5.41) is 5.09. The zero-order valence-electron chi connectivity index (χ0n) is 11.8. The van der Waals surface area contributed by atoms with Crippen LogP contribution in [-0.4, -0.2) is 13.0 Å². The second-order valence-corrected chi connectivity index (χ2v) is 4.53. The van der Waals surface area contributed by atoms with Crippen molar-refractivity contribution in [3.63, 3.8) is 0 Å². The first kappa shape index (κ1) is 15.0. The molecule has 0 atom stereocenters. The number of benzene rings is 2. The topological polar surface area (TPSA) is 41.1 Å². The Balaban J connectivity index is 2.29. The van der Waals surface area contributed by atoms with E-state index in [4.69, 9.17) is 0 Å². The molecule has 0 bridgehead atoms. The number of aryl methyl sites for hydroxylation is 1. The molecule has 1 amide bonds. The molecule has 0 heterocycles. The second kappa shape index (κ2) is 6.35. The average Bonchev–Trinajstić information content (AvgIpc) is 2.47. The van der Waals surface area contributed by atoms with Gasteiger partial charge in [-0.1, -0.05) is 25.1 Å². The van der Waals surface area contributed by atoms with E-state index in [1.807, 2.05) is 19.1 Å². The van der Waals surface area contributed by atoms with E-state index >= 15 is 0 Å². The van der Waals surface area contributed by atoms with Gasteiger partial charge in [0.25, 0.3) is 5.91 Å². The molecule has 2 aromatic rings.